The average molecular weight is 366 g/mol. The van der Waals surface area contributed by atoms with Crippen LogP contribution in [0.25, 0.3) is 5.57 Å². The first kappa shape index (κ1) is 18.6. The number of hydrogen-bond donors (Lipinski definition) is 2. The maximum absolute atomic E-state index is 13.0. The summed E-state index contributed by atoms with van der Waals surface area (Å²) < 4.78 is 5.19. The smallest absolute Gasteiger partial charge is 0.407 e. The van der Waals surface area contributed by atoms with Crippen LogP contribution in [0.4, 0.5) is 4.79 Å². The number of ether oxygens (including phenoxy) is 1. The Morgan fingerprint density at radius 3 is 2.52 bits per heavy atom. The van der Waals surface area contributed by atoms with Gasteiger partial charge in [0.05, 0.1) is 11.3 Å². The van der Waals surface area contributed by atoms with Gasteiger partial charge in [-0.05, 0) is 44.4 Å². The number of fused-ring (bicyclic) bond motifs is 1. The minimum atomic E-state index is -0.574. The molecule has 0 saturated carbocycles. The molecule has 0 saturated heterocycles. The van der Waals surface area contributed by atoms with Crippen LogP contribution in [0.2, 0.25) is 0 Å². The molecule has 2 N–H and O–H groups in total. The van der Waals surface area contributed by atoms with Crippen LogP contribution in [0, 0.1) is 0 Å². The third-order valence-corrected chi connectivity index (χ3v) is 4.10. The fourth-order valence-corrected chi connectivity index (χ4v) is 2.96. The second-order valence-electron chi connectivity index (χ2n) is 7.36. The van der Waals surface area contributed by atoms with Crippen molar-refractivity contribution in [1.82, 2.24) is 10.3 Å². The van der Waals surface area contributed by atoms with Crippen LogP contribution in [0.1, 0.15) is 52.7 Å². The number of benzene rings is 1. The molecule has 27 heavy (non-hydrogen) atoms. The van der Waals surface area contributed by atoms with Crippen molar-refractivity contribution < 1.29 is 19.1 Å². The molecule has 2 aromatic rings. The Hall–Kier alpha value is -3.15. The number of aromatic nitrogens is 1. The summed E-state index contributed by atoms with van der Waals surface area (Å²) in [5, 5.41) is 2.67. The van der Waals surface area contributed by atoms with Gasteiger partial charge in [-0.25, -0.2) is 4.79 Å². The molecule has 1 aromatic carbocycles. The number of carbonyl (C=O) groups excluding carboxylic acids is 3. The fourth-order valence-electron chi connectivity index (χ4n) is 2.96. The first-order chi connectivity index (χ1) is 12.8. The van der Waals surface area contributed by atoms with Crippen molar-refractivity contribution in [2.45, 2.75) is 32.8 Å². The van der Waals surface area contributed by atoms with E-state index in [1.165, 1.54) is 6.08 Å². The van der Waals surface area contributed by atoms with E-state index in [9.17, 15) is 14.4 Å². The van der Waals surface area contributed by atoms with Gasteiger partial charge in [-0.15, -0.1) is 0 Å². The number of allylic oxidation sites excluding steroid dienone is 2. The second-order valence-corrected chi connectivity index (χ2v) is 7.36. The van der Waals surface area contributed by atoms with E-state index in [1.54, 1.807) is 39.1 Å². The van der Waals surface area contributed by atoms with E-state index in [0.29, 0.717) is 40.9 Å². The summed E-state index contributed by atoms with van der Waals surface area (Å²) >= 11 is 0. The zero-order valence-corrected chi connectivity index (χ0v) is 15.6. The number of H-pyrrole nitrogens is 1. The summed E-state index contributed by atoms with van der Waals surface area (Å²) in [6.07, 6.45) is 2.92. The number of alkyl carbamates (subject to hydrolysis) is 1. The van der Waals surface area contributed by atoms with Gasteiger partial charge in [0.1, 0.15) is 5.60 Å². The normalized spacial score (nSPS) is 13.8. The third-order valence-electron chi connectivity index (χ3n) is 4.10. The molecule has 0 atom stereocenters. The Morgan fingerprint density at radius 1 is 1.15 bits per heavy atom. The third kappa shape index (κ3) is 4.16. The number of aromatic amines is 1. The molecule has 1 heterocycles. The molecule has 0 spiro atoms. The highest BCUT2D eigenvalue weighted by molar-refractivity contribution is 6.38. The van der Waals surface area contributed by atoms with Gasteiger partial charge < -0.3 is 15.0 Å². The number of nitrogens with one attached hydrogen (secondary N) is 2. The predicted molar refractivity (Wildman–Crippen MR) is 102 cm³/mol. The van der Waals surface area contributed by atoms with Crippen LogP contribution in [-0.2, 0) is 11.2 Å². The number of carbonyl (C=O) groups is 3. The molecule has 3 rings (SSSR count). The lowest BCUT2D eigenvalue weighted by atomic mass is 9.87. The Balaban J connectivity index is 1.75. The van der Waals surface area contributed by atoms with Gasteiger partial charge in [0.2, 0.25) is 5.78 Å². The zero-order chi connectivity index (χ0) is 19.6. The van der Waals surface area contributed by atoms with Crippen molar-refractivity contribution in [1.29, 1.82) is 0 Å². The zero-order valence-electron chi connectivity index (χ0n) is 15.6. The van der Waals surface area contributed by atoms with Gasteiger partial charge in [0.15, 0.2) is 5.78 Å². The standard InChI is InChI=1S/C21H22N2O4/c1-21(2,3)27-20(26)22-10-9-14-12-23-18-16(24)11-15(19(25)17(14)18)13-7-5-4-6-8-13/h4-8,11-12,23H,9-10H2,1-3H3,(H,22,26). The lowest BCUT2D eigenvalue weighted by molar-refractivity contribution is 0.0528. The van der Waals surface area contributed by atoms with Crippen molar-refractivity contribution in [2.24, 2.45) is 0 Å². The van der Waals surface area contributed by atoms with Crippen molar-refractivity contribution in [3.63, 3.8) is 0 Å². The Bertz CT molecular complexity index is 917. The number of hydrogen-bond acceptors (Lipinski definition) is 4. The second kappa shape index (κ2) is 7.23. The largest absolute Gasteiger partial charge is 0.444 e. The van der Waals surface area contributed by atoms with E-state index in [1.807, 2.05) is 18.2 Å². The van der Waals surface area contributed by atoms with Crippen molar-refractivity contribution in [2.75, 3.05) is 6.54 Å². The molecule has 0 unspecified atom stereocenters. The van der Waals surface area contributed by atoms with E-state index < -0.39 is 11.7 Å². The summed E-state index contributed by atoms with van der Waals surface area (Å²) in [7, 11) is 0. The topological polar surface area (TPSA) is 88.3 Å². The highest BCUT2D eigenvalue weighted by Gasteiger charge is 2.30. The van der Waals surface area contributed by atoms with Crippen molar-refractivity contribution >= 4 is 23.2 Å². The van der Waals surface area contributed by atoms with E-state index >= 15 is 0 Å². The predicted octanol–water partition coefficient (Wildman–Crippen LogP) is 3.54. The molecule has 0 aliphatic heterocycles. The highest BCUT2D eigenvalue weighted by atomic mass is 16.6. The molecular weight excluding hydrogens is 344 g/mol. The van der Waals surface area contributed by atoms with Crippen LogP contribution in [0.15, 0.2) is 42.6 Å². The van der Waals surface area contributed by atoms with E-state index in [2.05, 4.69) is 10.3 Å². The molecular formula is C21H22N2O4. The van der Waals surface area contributed by atoms with E-state index in [4.69, 9.17) is 4.74 Å². The van der Waals surface area contributed by atoms with Gasteiger partial charge in [-0.1, -0.05) is 30.3 Å². The minimum absolute atomic E-state index is 0.190. The van der Waals surface area contributed by atoms with Crippen LogP contribution in [0.3, 0.4) is 0 Å². The quantitative estimate of drug-likeness (QED) is 0.866. The summed E-state index contributed by atoms with van der Waals surface area (Å²) in [6, 6.07) is 9.12. The van der Waals surface area contributed by atoms with Crippen LogP contribution in [0.5, 0.6) is 0 Å². The van der Waals surface area contributed by atoms with Gasteiger partial charge in [-0.2, -0.15) is 0 Å². The van der Waals surface area contributed by atoms with E-state index in [0.717, 1.165) is 0 Å². The lowest BCUT2D eigenvalue weighted by Gasteiger charge is -2.19. The first-order valence-corrected chi connectivity index (χ1v) is 8.79. The summed E-state index contributed by atoms with van der Waals surface area (Å²) in [5.74, 6) is -0.417. The summed E-state index contributed by atoms with van der Waals surface area (Å²) in [5.41, 5.74) is 1.89. The van der Waals surface area contributed by atoms with Crippen molar-refractivity contribution in [3.05, 3.63) is 65.0 Å². The monoisotopic (exact) mass is 366 g/mol. The minimum Gasteiger partial charge on any atom is -0.444 e. The van der Waals surface area contributed by atoms with Crippen LogP contribution < -0.4 is 5.32 Å². The summed E-state index contributed by atoms with van der Waals surface area (Å²) in [4.78, 5) is 40.0. The number of ketones is 2. The van der Waals surface area contributed by atoms with E-state index in [-0.39, 0.29) is 11.6 Å². The lowest BCUT2D eigenvalue weighted by Crippen LogP contribution is -2.33. The molecule has 0 fully saturated rings. The maximum atomic E-state index is 13.0. The summed E-state index contributed by atoms with van der Waals surface area (Å²) in [6.45, 7) is 5.66. The number of amides is 1. The molecule has 0 bridgehead atoms. The fraction of sp³-hybridized carbons (Fsp3) is 0.286. The molecule has 6 heteroatoms. The van der Waals surface area contributed by atoms with Crippen LogP contribution >= 0.6 is 0 Å². The molecule has 6 nitrogen and oxygen atoms in total. The Labute approximate surface area is 157 Å². The van der Waals surface area contributed by atoms with Gasteiger partial charge in [0, 0.05) is 18.3 Å². The van der Waals surface area contributed by atoms with Gasteiger partial charge in [0.25, 0.3) is 0 Å². The van der Waals surface area contributed by atoms with Gasteiger partial charge >= 0.3 is 6.09 Å². The molecule has 0 radical (unpaired) electrons. The number of rotatable bonds is 4. The van der Waals surface area contributed by atoms with Crippen LogP contribution in [-0.4, -0.2) is 34.8 Å². The molecule has 1 aliphatic rings. The SMILES string of the molecule is CC(C)(C)OC(=O)NCCc1c[nH]c2c1C(=O)C(c1ccccc1)=CC2=O. The molecule has 1 aliphatic carbocycles. The first-order valence-electron chi connectivity index (χ1n) is 8.79. The molecule has 140 valence electrons. The molecule has 1 aromatic heterocycles. The Kier molecular flexibility index (Phi) is 4.99. The van der Waals surface area contributed by atoms with Gasteiger partial charge in [-0.3, -0.25) is 9.59 Å². The number of Topliss-reactive ketones (excluding diaryl/α,β-unsaturated/α-hetero) is 1. The maximum Gasteiger partial charge on any atom is 0.407 e. The average Bonchev–Trinajstić information content (AvgIpc) is 3.02. The highest BCUT2D eigenvalue weighted by Crippen LogP contribution is 2.29. The Morgan fingerprint density at radius 2 is 1.85 bits per heavy atom. The molecule has 1 amide bonds. The van der Waals surface area contributed by atoms with Crippen molar-refractivity contribution in [3.8, 4) is 0 Å².